The molecule has 0 unspecified atom stereocenters. The number of aromatic nitrogens is 1. The zero-order valence-corrected chi connectivity index (χ0v) is 11.3. The molecule has 1 rings (SSSR count). The van der Waals surface area contributed by atoms with E-state index in [0.29, 0.717) is 12.5 Å². The summed E-state index contributed by atoms with van der Waals surface area (Å²) in [6.45, 7) is 9.48. The first-order valence-corrected chi connectivity index (χ1v) is 6.28. The van der Waals surface area contributed by atoms with Crippen LogP contribution in [0, 0.1) is 12.8 Å². The minimum atomic E-state index is 0.0834. The van der Waals surface area contributed by atoms with Gasteiger partial charge in [-0.05, 0) is 18.4 Å². The highest BCUT2D eigenvalue weighted by molar-refractivity contribution is 5.74. The number of hydrogen-bond acceptors (Lipinski definition) is 1. The lowest BCUT2D eigenvalue weighted by Gasteiger charge is -2.06. The number of carbonyl (C=O) groups excluding carboxylic acids is 1. The standard InChI is InChI=1S/C14H22N2O/c1-5-13-7-6-12(4)16(9-13)10-14(17)15-8-11(2)3/h6-7,9,11H,5,8,10H2,1-4H3/p+1. The first-order valence-electron chi connectivity index (χ1n) is 6.28. The van der Waals surface area contributed by atoms with Gasteiger partial charge < -0.3 is 5.32 Å². The fourth-order valence-corrected chi connectivity index (χ4v) is 1.58. The van der Waals surface area contributed by atoms with Crippen molar-refractivity contribution in [3.63, 3.8) is 0 Å². The summed E-state index contributed by atoms with van der Waals surface area (Å²) < 4.78 is 2.01. The van der Waals surface area contributed by atoms with Gasteiger partial charge in [-0.3, -0.25) is 4.79 Å². The Labute approximate surface area is 104 Å². The van der Waals surface area contributed by atoms with Crippen molar-refractivity contribution in [1.82, 2.24) is 5.32 Å². The van der Waals surface area contributed by atoms with Crippen LogP contribution in [-0.4, -0.2) is 12.5 Å². The first kappa shape index (κ1) is 13.7. The number of aryl methyl sites for hydroxylation is 2. The van der Waals surface area contributed by atoms with Gasteiger partial charge >= 0.3 is 0 Å². The van der Waals surface area contributed by atoms with Gasteiger partial charge in [0.1, 0.15) is 0 Å². The summed E-state index contributed by atoms with van der Waals surface area (Å²) >= 11 is 0. The molecule has 3 heteroatoms. The van der Waals surface area contributed by atoms with Gasteiger partial charge in [0.25, 0.3) is 5.91 Å². The maximum absolute atomic E-state index is 11.7. The molecule has 0 fully saturated rings. The van der Waals surface area contributed by atoms with E-state index in [2.05, 4.69) is 44.4 Å². The Morgan fingerprint density at radius 1 is 1.41 bits per heavy atom. The monoisotopic (exact) mass is 235 g/mol. The number of hydrogen-bond donors (Lipinski definition) is 1. The summed E-state index contributed by atoms with van der Waals surface area (Å²) in [7, 11) is 0. The highest BCUT2D eigenvalue weighted by Gasteiger charge is 2.12. The molecule has 1 aromatic rings. The topological polar surface area (TPSA) is 33.0 Å². The van der Waals surface area contributed by atoms with Crippen LogP contribution in [0.5, 0.6) is 0 Å². The maximum atomic E-state index is 11.7. The number of nitrogens with one attached hydrogen (secondary N) is 1. The quantitative estimate of drug-likeness (QED) is 0.773. The van der Waals surface area contributed by atoms with Gasteiger partial charge in [-0.2, -0.15) is 4.57 Å². The van der Waals surface area contributed by atoms with E-state index in [0.717, 1.165) is 18.7 Å². The molecule has 1 aromatic heterocycles. The summed E-state index contributed by atoms with van der Waals surface area (Å²) in [6.07, 6.45) is 3.05. The lowest BCUT2D eigenvalue weighted by atomic mass is 10.2. The van der Waals surface area contributed by atoms with Crippen molar-refractivity contribution in [3.05, 3.63) is 29.6 Å². The zero-order valence-electron chi connectivity index (χ0n) is 11.3. The van der Waals surface area contributed by atoms with E-state index in [1.807, 2.05) is 11.5 Å². The third-order valence-electron chi connectivity index (χ3n) is 2.74. The summed E-state index contributed by atoms with van der Waals surface area (Å²) in [5, 5.41) is 2.94. The third-order valence-corrected chi connectivity index (χ3v) is 2.74. The van der Waals surface area contributed by atoms with Crippen molar-refractivity contribution >= 4 is 5.91 Å². The smallest absolute Gasteiger partial charge is 0.286 e. The Morgan fingerprint density at radius 2 is 2.12 bits per heavy atom. The minimum Gasteiger partial charge on any atom is -0.350 e. The van der Waals surface area contributed by atoms with Crippen LogP contribution in [0.3, 0.4) is 0 Å². The summed E-state index contributed by atoms with van der Waals surface area (Å²) in [6, 6.07) is 4.17. The van der Waals surface area contributed by atoms with E-state index in [-0.39, 0.29) is 5.91 Å². The van der Waals surface area contributed by atoms with Gasteiger partial charge in [0.05, 0.1) is 0 Å². The molecule has 0 saturated heterocycles. The van der Waals surface area contributed by atoms with Gasteiger partial charge in [-0.15, -0.1) is 0 Å². The molecule has 0 aliphatic heterocycles. The predicted molar refractivity (Wildman–Crippen MR) is 68.6 cm³/mol. The molecule has 1 heterocycles. The first-order chi connectivity index (χ1) is 8.02. The third kappa shape index (κ3) is 4.55. The second-order valence-corrected chi connectivity index (χ2v) is 4.86. The van der Waals surface area contributed by atoms with Gasteiger partial charge in [0, 0.05) is 25.1 Å². The predicted octanol–water partition coefficient (Wildman–Crippen LogP) is 1.62. The van der Waals surface area contributed by atoms with Crippen LogP contribution >= 0.6 is 0 Å². The fraction of sp³-hybridized carbons (Fsp3) is 0.571. The van der Waals surface area contributed by atoms with E-state index >= 15 is 0 Å². The average Bonchev–Trinajstić information content (AvgIpc) is 2.29. The highest BCUT2D eigenvalue weighted by Crippen LogP contribution is 1.98. The number of carbonyl (C=O) groups is 1. The average molecular weight is 235 g/mol. The van der Waals surface area contributed by atoms with Crippen LogP contribution in [-0.2, 0) is 17.8 Å². The molecular weight excluding hydrogens is 212 g/mol. The zero-order chi connectivity index (χ0) is 12.8. The molecule has 17 heavy (non-hydrogen) atoms. The Balaban J connectivity index is 2.64. The van der Waals surface area contributed by atoms with E-state index in [9.17, 15) is 4.79 Å². The number of rotatable bonds is 5. The van der Waals surface area contributed by atoms with Crippen LogP contribution in [0.4, 0.5) is 0 Å². The summed E-state index contributed by atoms with van der Waals surface area (Å²) in [5.41, 5.74) is 2.37. The molecule has 1 N–H and O–H groups in total. The molecule has 0 aliphatic rings. The normalized spacial score (nSPS) is 10.6. The number of nitrogens with zero attached hydrogens (tertiary/aromatic N) is 1. The second kappa shape index (κ2) is 6.38. The van der Waals surface area contributed by atoms with Gasteiger partial charge in [0.15, 0.2) is 11.9 Å². The fourth-order valence-electron chi connectivity index (χ4n) is 1.58. The molecule has 1 amide bonds. The van der Waals surface area contributed by atoms with Crippen LogP contribution in [0.15, 0.2) is 18.3 Å². The highest BCUT2D eigenvalue weighted by atomic mass is 16.1. The molecule has 0 saturated carbocycles. The molecule has 0 aromatic carbocycles. The van der Waals surface area contributed by atoms with Gasteiger partial charge in [0.2, 0.25) is 6.54 Å². The SMILES string of the molecule is CCc1ccc(C)[n+](CC(=O)NCC(C)C)c1. The Hall–Kier alpha value is -1.38. The van der Waals surface area contributed by atoms with E-state index in [1.165, 1.54) is 5.56 Å². The van der Waals surface area contributed by atoms with E-state index < -0.39 is 0 Å². The Bertz CT molecular complexity index is 386. The van der Waals surface area contributed by atoms with Crippen LogP contribution in [0.25, 0.3) is 0 Å². The Kier molecular flexibility index (Phi) is 5.13. The van der Waals surface area contributed by atoms with E-state index in [1.54, 1.807) is 0 Å². The van der Waals surface area contributed by atoms with Gasteiger partial charge in [-0.25, -0.2) is 0 Å². The molecule has 0 bridgehead atoms. The number of pyridine rings is 1. The van der Waals surface area contributed by atoms with Gasteiger partial charge in [-0.1, -0.05) is 20.8 Å². The molecule has 94 valence electrons. The Morgan fingerprint density at radius 3 is 2.71 bits per heavy atom. The largest absolute Gasteiger partial charge is 0.350 e. The van der Waals surface area contributed by atoms with Crippen molar-refractivity contribution in [2.24, 2.45) is 5.92 Å². The summed E-state index contributed by atoms with van der Waals surface area (Å²) in [4.78, 5) is 11.7. The summed E-state index contributed by atoms with van der Waals surface area (Å²) in [5.74, 6) is 0.576. The van der Waals surface area contributed by atoms with Crippen LogP contribution in [0.1, 0.15) is 32.0 Å². The molecule has 0 radical (unpaired) electrons. The van der Waals surface area contributed by atoms with Crippen molar-refractivity contribution in [2.75, 3.05) is 6.54 Å². The van der Waals surface area contributed by atoms with Crippen molar-refractivity contribution in [2.45, 2.75) is 40.7 Å². The lowest BCUT2D eigenvalue weighted by Crippen LogP contribution is -2.45. The minimum absolute atomic E-state index is 0.0834. The molecule has 0 atom stereocenters. The maximum Gasteiger partial charge on any atom is 0.286 e. The molecular formula is C14H23N2O+. The molecule has 0 spiro atoms. The van der Waals surface area contributed by atoms with Crippen LogP contribution < -0.4 is 9.88 Å². The van der Waals surface area contributed by atoms with Crippen molar-refractivity contribution in [3.8, 4) is 0 Å². The molecule has 3 nitrogen and oxygen atoms in total. The molecule has 0 aliphatic carbocycles. The van der Waals surface area contributed by atoms with E-state index in [4.69, 9.17) is 0 Å². The van der Waals surface area contributed by atoms with Crippen molar-refractivity contribution < 1.29 is 9.36 Å². The number of amides is 1. The second-order valence-electron chi connectivity index (χ2n) is 4.86. The van der Waals surface area contributed by atoms with Crippen molar-refractivity contribution in [1.29, 1.82) is 0 Å². The lowest BCUT2D eigenvalue weighted by molar-refractivity contribution is -0.690. The van der Waals surface area contributed by atoms with Crippen LogP contribution in [0.2, 0.25) is 0 Å².